The molecule has 0 aromatic carbocycles. The Morgan fingerprint density at radius 1 is 1.27 bits per heavy atom. The van der Waals surface area contributed by atoms with Gasteiger partial charge in [0, 0.05) is 16.2 Å². The first-order chi connectivity index (χ1) is 6.96. The summed E-state index contributed by atoms with van der Waals surface area (Å²) >= 11 is 1.78. The summed E-state index contributed by atoms with van der Waals surface area (Å²) in [7, 11) is 0. The van der Waals surface area contributed by atoms with E-state index in [9.17, 15) is 4.79 Å². The van der Waals surface area contributed by atoms with Crippen LogP contribution in [0.2, 0.25) is 0 Å². The van der Waals surface area contributed by atoms with Crippen LogP contribution >= 0.6 is 11.3 Å². The van der Waals surface area contributed by atoms with E-state index in [-0.39, 0.29) is 11.2 Å². The summed E-state index contributed by atoms with van der Waals surface area (Å²) in [6, 6.07) is 4.24. The molecule has 0 saturated heterocycles. The van der Waals surface area contributed by atoms with Crippen LogP contribution in [0, 0.1) is 12.3 Å². The van der Waals surface area contributed by atoms with E-state index in [4.69, 9.17) is 0 Å². The Morgan fingerprint density at radius 3 is 2.53 bits per heavy atom. The lowest BCUT2D eigenvalue weighted by molar-refractivity contribution is -0.116. The molecule has 0 spiro atoms. The van der Waals surface area contributed by atoms with E-state index >= 15 is 0 Å². The molecule has 0 bridgehead atoms. The molecule has 1 aromatic rings. The summed E-state index contributed by atoms with van der Waals surface area (Å²) in [5.41, 5.74) is 1.34. The van der Waals surface area contributed by atoms with Gasteiger partial charge in [-0.2, -0.15) is 0 Å². The van der Waals surface area contributed by atoms with Gasteiger partial charge in [0.05, 0.1) is 0 Å². The number of aryl methyl sites for hydroxylation is 1. The van der Waals surface area contributed by atoms with Crippen LogP contribution < -0.4 is 0 Å². The molecule has 0 aliphatic heterocycles. The molecule has 0 unspecified atom stereocenters. The summed E-state index contributed by atoms with van der Waals surface area (Å²) in [4.78, 5) is 14.2. The van der Waals surface area contributed by atoms with Gasteiger partial charge in [0.1, 0.15) is 0 Å². The Morgan fingerprint density at radius 2 is 2.00 bits per heavy atom. The average Bonchev–Trinajstić information content (AvgIpc) is 2.48. The van der Waals surface area contributed by atoms with Crippen molar-refractivity contribution < 1.29 is 4.79 Å². The van der Waals surface area contributed by atoms with Gasteiger partial charge >= 0.3 is 0 Å². The fourth-order valence-electron chi connectivity index (χ4n) is 2.11. The van der Waals surface area contributed by atoms with Crippen molar-refractivity contribution in [3.05, 3.63) is 28.0 Å². The van der Waals surface area contributed by atoms with Gasteiger partial charge in [-0.25, -0.2) is 0 Å². The molecule has 0 amide bonds. The second-order valence-corrected chi connectivity index (χ2v) is 6.35. The second-order valence-electron chi connectivity index (χ2n) is 5.06. The fraction of sp³-hybridized carbons (Fsp3) is 0.462. The molecule has 0 fully saturated rings. The maximum absolute atomic E-state index is 11.6. The number of ketones is 1. The molecule has 2 rings (SSSR count). The molecule has 1 heterocycles. The van der Waals surface area contributed by atoms with E-state index in [1.54, 1.807) is 11.3 Å². The molecule has 0 N–H and O–H groups in total. The van der Waals surface area contributed by atoms with Crippen molar-refractivity contribution in [3.63, 3.8) is 0 Å². The molecule has 2 heteroatoms. The van der Waals surface area contributed by atoms with Gasteiger partial charge in [-0.15, -0.1) is 11.3 Å². The minimum atomic E-state index is 0.124. The number of thiophene rings is 1. The Balaban J connectivity index is 2.34. The zero-order chi connectivity index (χ0) is 11.1. The van der Waals surface area contributed by atoms with Gasteiger partial charge in [-0.1, -0.05) is 13.8 Å². The molecule has 1 aliphatic carbocycles. The zero-order valence-corrected chi connectivity index (χ0v) is 10.3. The van der Waals surface area contributed by atoms with Gasteiger partial charge < -0.3 is 0 Å². The Labute approximate surface area is 94.8 Å². The minimum absolute atomic E-state index is 0.124. The van der Waals surface area contributed by atoms with Crippen LogP contribution in [0.15, 0.2) is 18.2 Å². The highest BCUT2D eigenvalue weighted by atomic mass is 32.1. The average molecular weight is 220 g/mol. The monoisotopic (exact) mass is 220 g/mol. The number of hydrogen-bond acceptors (Lipinski definition) is 2. The lowest BCUT2D eigenvalue weighted by Crippen LogP contribution is -2.20. The number of rotatable bonds is 1. The van der Waals surface area contributed by atoms with Crippen LogP contribution in [0.25, 0.3) is 5.57 Å². The molecule has 15 heavy (non-hydrogen) atoms. The van der Waals surface area contributed by atoms with Crippen molar-refractivity contribution in [2.45, 2.75) is 33.6 Å². The summed E-state index contributed by atoms with van der Waals surface area (Å²) < 4.78 is 0. The maximum atomic E-state index is 11.6. The highest BCUT2D eigenvalue weighted by Gasteiger charge is 2.28. The number of hydrogen-bond donors (Lipinski definition) is 0. The van der Waals surface area contributed by atoms with E-state index in [1.165, 1.54) is 15.3 Å². The Kier molecular flexibility index (Phi) is 2.55. The lowest BCUT2D eigenvalue weighted by atomic mass is 9.76. The first-order valence-corrected chi connectivity index (χ1v) is 6.08. The van der Waals surface area contributed by atoms with Crippen molar-refractivity contribution in [2.24, 2.45) is 5.41 Å². The highest BCUT2D eigenvalue weighted by molar-refractivity contribution is 7.13. The molecular formula is C13H16OS. The fourth-order valence-corrected chi connectivity index (χ4v) is 2.99. The summed E-state index contributed by atoms with van der Waals surface area (Å²) in [6.07, 6.45) is 3.52. The third kappa shape index (κ3) is 2.37. The standard InChI is InChI=1S/C13H16OS/c1-9-4-5-12(15-9)10-6-11(14)8-13(2,3)7-10/h4-6H,7-8H2,1-3H3. The van der Waals surface area contributed by atoms with E-state index < -0.39 is 0 Å². The van der Waals surface area contributed by atoms with Crippen LogP contribution in [0.4, 0.5) is 0 Å². The molecule has 80 valence electrons. The van der Waals surface area contributed by atoms with E-state index in [2.05, 4.69) is 32.9 Å². The largest absolute Gasteiger partial charge is 0.295 e. The van der Waals surface area contributed by atoms with Crippen LogP contribution in [0.5, 0.6) is 0 Å². The van der Waals surface area contributed by atoms with Crippen molar-refractivity contribution in [3.8, 4) is 0 Å². The Hall–Kier alpha value is -0.890. The van der Waals surface area contributed by atoms with Gasteiger partial charge in [0.25, 0.3) is 0 Å². The SMILES string of the molecule is Cc1ccc(C2=CC(=O)CC(C)(C)C2)s1. The molecule has 1 nitrogen and oxygen atoms in total. The molecule has 1 aliphatic rings. The number of allylic oxidation sites excluding steroid dienone is 2. The third-order valence-electron chi connectivity index (χ3n) is 2.71. The molecule has 0 saturated carbocycles. The number of carbonyl (C=O) groups is 1. The van der Waals surface area contributed by atoms with Crippen LogP contribution in [0.1, 0.15) is 36.4 Å². The molecule has 0 radical (unpaired) electrons. The smallest absolute Gasteiger partial charge is 0.156 e. The zero-order valence-electron chi connectivity index (χ0n) is 9.46. The van der Waals surface area contributed by atoms with Gasteiger partial charge in [-0.05, 0) is 42.5 Å². The topological polar surface area (TPSA) is 17.1 Å². The van der Waals surface area contributed by atoms with Gasteiger partial charge in [-0.3, -0.25) is 4.79 Å². The molecular weight excluding hydrogens is 204 g/mol. The van der Waals surface area contributed by atoms with Gasteiger partial charge in [0.15, 0.2) is 5.78 Å². The van der Waals surface area contributed by atoms with Crippen LogP contribution in [-0.2, 0) is 4.79 Å². The first kappa shape index (κ1) is 10.6. The maximum Gasteiger partial charge on any atom is 0.156 e. The van der Waals surface area contributed by atoms with Gasteiger partial charge in [0.2, 0.25) is 0 Å². The van der Waals surface area contributed by atoms with E-state index in [0.29, 0.717) is 6.42 Å². The summed E-state index contributed by atoms with van der Waals surface area (Å²) in [6.45, 7) is 6.43. The predicted octanol–water partition coefficient (Wildman–Crippen LogP) is 3.83. The van der Waals surface area contributed by atoms with Crippen molar-refractivity contribution in [1.82, 2.24) is 0 Å². The Bertz CT molecular complexity index is 423. The molecule has 0 atom stereocenters. The van der Waals surface area contributed by atoms with E-state index in [0.717, 1.165) is 6.42 Å². The lowest BCUT2D eigenvalue weighted by Gasteiger charge is -2.28. The third-order valence-corrected chi connectivity index (χ3v) is 3.79. The highest BCUT2D eigenvalue weighted by Crippen LogP contribution is 2.39. The van der Waals surface area contributed by atoms with Crippen LogP contribution in [-0.4, -0.2) is 5.78 Å². The normalized spacial score (nSPS) is 20.2. The van der Waals surface area contributed by atoms with E-state index in [1.807, 2.05) is 6.08 Å². The minimum Gasteiger partial charge on any atom is -0.295 e. The second kappa shape index (κ2) is 3.60. The van der Waals surface area contributed by atoms with Crippen molar-refractivity contribution in [1.29, 1.82) is 0 Å². The quantitative estimate of drug-likeness (QED) is 0.703. The van der Waals surface area contributed by atoms with Crippen molar-refractivity contribution in [2.75, 3.05) is 0 Å². The number of carbonyl (C=O) groups excluding carboxylic acids is 1. The first-order valence-electron chi connectivity index (χ1n) is 5.26. The van der Waals surface area contributed by atoms with Crippen LogP contribution in [0.3, 0.4) is 0 Å². The molecule has 1 aromatic heterocycles. The summed E-state index contributed by atoms with van der Waals surface area (Å²) in [5, 5.41) is 0. The van der Waals surface area contributed by atoms with Crippen molar-refractivity contribution >= 4 is 22.7 Å². The predicted molar refractivity (Wildman–Crippen MR) is 65.1 cm³/mol. The summed E-state index contributed by atoms with van der Waals surface area (Å²) in [5.74, 6) is 0.271.